The minimum Gasteiger partial charge on any atom is -0.497 e. The third kappa shape index (κ3) is 6.02. The molecule has 0 radical (unpaired) electrons. The molecule has 0 aliphatic carbocycles. The molecule has 0 fully saturated rings. The van der Waals surface area contributed by atoms with Gasteiger partial charge in [-0.25, -0.2) is 4.79 Å². The average Bonchev–Trinajstić information content (AvgIpc) is 3.26. The smallest absolute Gasteiger partial charge is 0.319 e. The van der Waals surface area contributed by atoms with E-state index >= 15 is 0 Å². The standard InChI is InChI=1S/C22H24N2O5/c1-26-19-8-9-21(27-2)17(12-19)13-23-22(25)24-18-6-3-5-16(11-18)14-28-15-20-7-4-10-29-20/h3-12H,13-15H2,1-2H3,(H2,23,24,25). The van der Waals surface area contributed by atoms with E-state index in [2.05, 4.69) is 10.6 Å². The van der Waals surface area contributed by atoms with Gasteiger partial charge in [-0.15, -0.1) is 0 Å². The molecule has 7 heteroatoms. The van der Waals surface area contributed by atoms with Crippen molar-refractivity contribution in [2.75, 3.05) is 19.5 Å². The molecule has 29 heavy (non-hydrogen) atoms. The van der Waals surface area contributed by atoms with Crippen LogP contribution in [0.15, 0.2) is 65.3 Å². The average molecular weight is 396 g/mol. The Kier molecular flexibility index (Phi) is 7.13. The maximum absolute atomic E-state index is 12.3. The number of urea groups is 1. The molecule has 1 aromatic heterocycles. The summed E-state index contributed by atoms with van der Waals surface area (Å²) in [6, 6.07) is 16.3. The number of hydrogen-bond donors (Lipinski definition) is 2. The monoisotopic (exact) mass is 396 g/mol. The summed E-state index contributed by atoms with van der Waals surface area (Å²) in [5, 5.41) is 5.65. The van der Waals surface area contributed by atoms with E-state index in [4.69, 9.17) is 18.6 Å². The summed E-state index contributed by atoms with van der Waals surface area (Å²) < 4.78 is 21.4. The fourth-order valence-corrected chi connectivity index (χ4v) is 2.77. The van der Waals surface area contributed by atoms with Crippen LogP contribution in [0.4, 0.5) is 10.5 Å². The van der Waals surface area contributed by atoms with Crippen LogP contribution in [-0.4, -0.2) is 20.3 Å². The highest BCUT2D eigenvalue weighted by Gasteiger charge is 2.08. The molecular weight excluding hydrogens is 372 g/mol. The maximum atomic E-state index is 12.3. The zero-order valence-electron chi connectivity index (χ0n) is 16.4. The van der Waals surface area contributed by atoms with Gasteiger partial charge in [0.05, 0.1) is 27.1 Å². The summed E-state index contributed by atoms with van der Waals surface area (Å²) in [6.45, 7) is 1.12. The number of furan rings is 1. The van der Waals surface area contributed by atoms with Crippen LogP contribution < -0.4 is 20.1 Å². The SMILES string of the molecule is COc1ccc(OC)c(CNC(=O)Nc2cccc(COCc3ccco3)c2)c1. The first-order chi connectivity index (χ1) is 14.2. The second-order valence-electron chi connectivity index (χ2n) is 6.26. The number of benzene rings is 2. The van der Waals surface area contributed by atoms with E-state index in [1.807, 2.05) is 48.5 Å². The third-order valence-electron chi connectivity index (χ3n) is 4.20. The van der Waals surface area contributed by atoms with Gasteiger partial charge in [0.2, 0.25) is 0 Å². The van der Waals surface area contributed by atoms with E-state index in [1.165, 1.54) is 0 Å². The quantitative estimate of drug-likeness (QED) is 0.562. The highest BCUT2D eigenvalue weighted by molar-refractivity contribution is 5.89. The first-order valence-corrected chi connectivity index (χ1v) is 9.13. The lowest BCUT2D eigenvalue weighted by atomic mass is 10.2. The van der Waals surface area contributed by atoms with E-state index < -0.39 is 0 Å². The van der Waals surface area contributed by atoms with Crippen LogP contribution in [0.25, 0.3) is 0 Å². The van der Waals surface area contributed by atoms with Crippen molar-refractivity contribution in [3.8, 4) is 11.5 Å². The van der Waals surface area contributed by atoms with Gasteiger partial charge in [0, 0.05) is 17.8 Å². The Morgan fingerprint density at radius 2 is 1.90 bits per heavy atom. The largest absolute Gasteiger partial charge is 0.497 e. The number of amides is 2. The number of ether oxygens (including phenoxy) is 3. The normalized spacial score (nSPS) is 10.4. The Bertz CT molecular complexity index is 925. The van der Waals surface area contributed by atoms with Crippen LogP contribution in [-0.2, 0) is 24.5 Å². The molecule has 2 aromatic carbocycles. The van der Waals surface area contributed by atoms with Crippen LogP contribution in [0, 0.1) is 0 Å². The lowest BCUT2D eigenvalue weighted by Gasteiger charge is -2.12. The Hall–Kier alpha value is -3.45. The van der Waals surface area contributed by atoms with Gasteiger partial charge >= 0.3 is 6.03 Å². The molecule has 2 N–H and O–H groups in total. The van der Waals surface area contributed by atoms with Gasteiger partial charge in [-0.2, -0.15) is 0 Å². The first kappa shape index (κ1) is 20.3. The van der Waals surface area contributed by atoms with Gasteiger partial charge in [-0.05, 0) is 48.0 Å². The molecule has 0 bridgehead atoms. The highest BCUT2D eigenvalue weighted by atomic mass is 16.5. The molecule has 3 aromatic rings. The van der Waals surface area contributed by atoms with Gasteiger partial charge < -0.3 is 29.3 Å². The van der Waals surface area contributed by atoms with Crippen molar-refractivity contribution in [2.24, 2.45) is 0 Å². The minimum absolute atomic E-state index is 0.304. The molecule has 0 saturated heterocycles. The fourth-order valence-electron chi connectivity index (χ4n) is 2.77. The predicted molar refractivity (Wildman–Crippen MR) is 109 cm³/mol. The van der Waals surface area contributed by atoms with Gasteiger partial charge in [-0.3, -0.25) is 0 Å². The van der Waals surface area contributed by atoms with Crippen molar-refractivity contribution >= 4 is 11.7 Å². The molecule has 1 heterocycles. The zero-order chi connectivity index (χ0) is 20.5. The van der Waals surface area contributed by atoms with Crippen molar-refractivity contribution in [2.45, 2.75) is 19.8 Å². The van der Waals surface area contributed by atoms with Crippen molar-refractivity contribution in [3.63, 3.8) is 0 Å². The Balaban J connectivity index is 1.51. The van der Waals surface area contributed by atoms with Gasteiger partial charge in [0.1, 0.15) is 23.9 Å². The van der Waals surface area contributed by atoms with E-state index in [0.717, 1.165) is 16.9 Å². The summed E-state index contributed by atoms with van der Waals surface area (Å²) in [6.07, 6.45) is 1.61. The minimum atomic E-state index is -0.316. The van der Waals surface area contributed by atoms with Crippen molar-refractivity contribution in [1.29, 1.82) is 0 Å². The molecule has 0 aliphatic rings. The Morgan fingerprint density at radius 1 is 1.00 bits per heavy atom. The number of anilines is 1. The molecule has 152 valence electrons. The summed E-state index contributed by atoms with van der Waals surface area (Å²) >= 11 is 0. The van der Waals surface area contributed by atoms with Gasteiger partial charge in [-0.1, -0.05) is 12.1 Å². The lowest BCUT2D eigenvalue weighted by Crippen LogP contribution is -2.28. The number of hydrogen-bond acceptors (Lipinski definition) is 5. The number of rotatable bonds is 9. The second-order valence-corrected chi connectivity index (χ2v) is 6.26. The maximum Gasteiger partial charge on any atom is 0.319 e. The van der Waals surface area contributed by atoms with Crippen molar-refractivity contribution in [1.82, 2.24) is 5.32 Å². The third-order valence-corrected chi connectivity index (χ3v) is 4.20. The molecule has 2 amide bonds. The molecule has 0 saturated carbocycles. The van der Waals surface area contributed by atoms with Crippen LogP contribution in [0.3, 0.4) is 0 Å². The summed E-state index contributed by atoms with van der Waals surface area (Å²) in [7, 11) is 3.18. The molecule has 0 aliphatic heterocycles. The molecular formula is C22H24N2O5. The Labute approximate surface area is 169 Å². The van der Waals surface area contributed by atoms with Crippen LogP contribution in [0.5, 0.6) is 11.5 Å². The van der Waals surface area contributed by atoms with Crippen LogP contribution in [0.2, 0.25) is 0 Å². The van der Waals surface area contributed by atoms with Gasteiger partial charge in [0.15, 0.2) is 0 Å². The van der Waals surface area contributed by atoms with E-state index in [9.17, 15) is 4.79 Å². The molecule has 0 spiro atoms. The fraction of sp³-hybridized carbons (Fsp3) is 0.227. The van der Waals surface area contributed by atoms with E-state index in [0.29, 0.717) is 36.9 Å². The second kappa shape index (κ2) is 10.2. The zero-order valence-corrected chi connectivity index (χ0v) is 16.4. The van der Waals surface area contributed by atoms with Crippen LogP contribution in [0.1, 0.15) is 16.9 Å². The summed E-state index contributed by atoms with van der Waals surface area (Å²) in [5.74, 6) is 2.15. The molecule has 0 unspecified atom stereocenters. The number of carbonyl (C=O) groups is 1. The summed E-state index contributed by atoms with van der Waals surface area (Å²) in [4.78, 5) is 12.3. The van der Waals surface area contributed by atoms with Crippen LogP contribution >= 0.6 is 0 Å². The predicted octanol–water partition coefficient (Wildman–Crippen LogP) is 4.34. The highest BCUT2D eigenvalue weighted by Crippen LogP contribution is 2.23. The summed E-state index contributed by atoms with van der Waals surface area (Å²) in [5.41, 5.74) is 2.45. The number of nitrogens with one attached hydrogen (secondary N) is 2. The lowest BCUT2D eigenvalue weighted by molar-refractivity contribution is 0.0930. The molecule has 0 atom stereocenters. The topological polar surface area (TPSA) is 82.0 Å². The van der Waals surface area contributed by atoms with Gasteiger partial charge in [0.25, 0.3) is 0 Å². The van der Waals surface area contributed by atoms with Crippen molar-refractivity contribution < 1.29 is 23.4 Å². The number of carbonyl (C=O) groups excluding carboxylic acids is 1. The molecule has 7 nitrogen and oxygen atoms in total. The number of methoxy groups -OCH3 is 2. The van der Waals surface area contributed by atoms with Crippen molar-refractivity contribution in [3.05, 3.63) is 77.7 Å². The van der Waals surface area contributed by atoms with E-state index in [1.54, 1.807) is 26.5 Å². The Morgan fingerprint density at radius 3 is 2.66 bits per heavy atom. The first-order valence-electron chi connectivity index (χ1n) is 9.13. The van der Waals surface area contributed by atoms with E-state index in [-0.39, 0.29) is 6.03 Å². The molecule has 3 rings (SSSR count).